The molecule has 1 aromatic heterocycles. The van der Waals surface area contributed by atoms with Crippen LogP contribution in [0.1, 0.15) is 24.4 Å². The quantitative estimate of drug-likeness (QED) is 0.826. The summed E-state index contributed by atoms with van der Waals surface area (Å²) in [6, 6.07) is 9.17. The largest absolute Gasteiger partial charge is 0.451 e. The number of furan rings is 1. The third kappa shape index (κ3) is 2.85. The molecule has 1 amide bonds. The highest BCUT2D eigenvalue weighted by Gasteiger charge is 2.11. The van der Waals surface area contributed by atoms with Gasteiger partial charge in [-0.25, -0.2) is 5.48 Å². The highest BCUT2D eigenvalue weighted by molar-refractivity contribution is 5.95. The van der Waals surface area contributed by atoms with Crippen LogP contribution < -0.4 is 5.48 Å². The van der Waals surface area contributed by atoms with Crippen LogP contribution in [0.15, 0.2) is 34.7 Å². The Balaban J connectivity index is 2.04. The molecule has 0 unspecified atom stereocenters. The van der Waals surface area contributed by atoms with Crippen LogP contribution >= 0.6 is 0 Å². The van der Waals surface area contributed by atoms with Gasteiger partial charge in [-0.3, -0.25) is 9.63 Å². The van der Waals surface area contributed by atoms with Crippen molar-refractivity contribution in [1.29, 1.82) is 0 Å². The Morgan fingerprint density at radius 3 is 2.88 bits per heavy atom. The van der Waals surface area contributed by atoms with Crippen molar-refractivity contribution < 1.29 is 14.0 Å². The van der Waals surface area contributed by atoms with Gasteiger partial charge in [0, 0.05) is 5.39 Å². The molecule has 0 saturated carbocycles. The van der Waals surface area contributed by atoms with E-state index in [9.17, 15) is 4.79 Å². The molecule has 90 valence electrons. The van der Waals surface area contributed by atoms with Gasteiger partial charge in [0.25, 0.3) is 0 Å². The van der Waals surface area contributed by atoms with Gasteiger partial charge in [-0.15, -0.1) is 0 Å². The smallest absolute Gasteiger partial charge is 0.310 e. The standard InChI is InChI=1S/C13H15NO3/c1-9(2)8-16-14-13(15)12-7-10-5-3-4-6-11(10)17-12/h3-7,9H,8H2,1-2H3,(H,14,15). The molecule has 1 heterocycles. The molecule has 0 radical (unpaired) electrons. The summed E-state index contributed by atoms with van der Waals surface area (Å²) in [6.45, 7) is 4.49. The van der Waals surface area contributed by atoms with E-state index in [2.05, 4.69) is 5.48 Å². The number of benzene rings is 1. The fourth-order valence-corrected chi connectivity index (χ4v) is 1.42. The normalized spacial score (nSPS) is 11.0. The molecule has 0 bridgehead atoms. The lowest BCUT2D eigenvalue weighted by Crippen LogP contribution is -2.25. The molecule has 17 heavy (non-hydrogen) atoms. The molecular formula is C13H15NO3. The van der Waals surface area contributed by atoms with Crippen molar-refractivity contribution in [2.24, 2.45) is 5.92 Å². The van der Waals surface area contributed by atoms with Gasteiger partial charge in [0.1, 0.15) is 5.58 Å². The molecule has 1 N–H and O–H groups in total. The molecule has 0 atom stereocenters. The summed E-state index contributed by atoms with van der Waals surface area (Å²) in [5.41, 5.74) is 3.05. The minimum atomic E-state index is -0.359. The van der Waals surface area contributed by atoms with Gasteiger partial charge in [-0.05, 0) is 18.1 Å². The van der Waals surface area contributed by atoms with Crippen LogP contribution in [0.25, 0.3) is 11.0 Å². The maximum Gasteiger partial charge on any atom is 0.310 e. The fraction of sp³-hybridized carbons (Fsp3) is 0.308. The molecule has 2 rings (SSSR count). The van der Waals surface area contributed by atoms with E-state index < -0.39 is 0 Å². The number of amides is 1. The lowest BCUT2D eigenvalue weighted by atomic mass is 10.2. The van der Waals surface area contributed by atoms with Gasteiger partial charge in [-0.2, -0.15) is 0 Å². The number of hydrogen-bond acceptors (Lipinski definition) is 3. The monoisotopic (exact) mass is 233 g/mol. The zero-order valence-electron chi connectivity index (χ0n) is 9.90. The van der Waals surface area contributed by atoms with Gasteiger partial charge in [-0.1, -0.05) is 32.0 Å². The van der Waals surface area contributed by atoms with Crippen molar-refractivity contribution in [3.05, 3.63) is 36.1 Å². The SMILES string of the molecule is CC(C)CONC(=O)c1cc2ccccc2o1. The van der Waals surface area contributed by atoms with E-state index in [4.69, 9.17) is 9.25 Å². The van der Waals surface area contributed by atoms with Crippen molar-refractivity contribution in [2.75, 3.05) is 6.61 Å². The van der Waals surface area contributed by atoms with E-state index in [1.807, 2.05) is 38.1 Å². The molecular weight excluding hydrogens is 218 g/mol. The Labute approximate surface area is 99.5 Å². The first kappa shape index (κ1) is 11.7. The Morgan fingerprint density at radius 2 is 2.18 bits per heavy atom. The number of para-hydroxylation sites is 1. The van der Waals surface area contributed by atoms with Crippen molar-refractivity contribution in [3.8, 4) is 0 Å². The second-order valence-electron chi connectivity index (χ2n) is 4.28. The van der Waals surface area contributed by atoms with Crippen LogP contribution in [0.5, 0.6) is 0 Å². The maximum absolute atomic E-state index is 11.7. The third-order valence-corrected chi connectivity index (χ3v) is 2.23. The first-order chi connectivity index (χ1) is 8.16. The van der Waals surface area contributed by atoms with Gasteiger partial charge in [0.05, 0.1) is 6.61 Å². The second kappa shape index (κ2) is 5.01. The van der Waals surface area contributed by atoms with Gasteiger partial charge >= 0.3 is 5.91 Å². The van der Waals surface area contributed by atoms with Gasteiger partial charge in [0.15, 0.2) is 5.76 Å². The Hall–Kier alpha value is -1.81. The minimum absolute atomic E-state index is 0.259. The summed E-state index contributed by atoms with van der Waals surface area (Å²) in [6.07, 6.45) is 0. The minimum Gasteiger partial charge on any atom is -0.451 e. The Kier molecular flexibility index (Phi) is 3.44. The highest BCUT2D eigenvalue weighted by Crippen LogP contribution is 2.18. The van der Waals surface area contributed by atoms with Crippen molar-refractivity contribution >= 4 is 16.9 Å². The van der Waals surface area contributed by atoms with Crippen LogP contribution in [0, 0.1) is 5.92 Å². The van der Waals surface area contributed by atoms with Crippen LogP contribution in [0.4, 0.5) is 0 Å². The average Bonchev–Trinajstić information content (AvgIpc) is 2.71. The molecule has 0 aliphatic rings. The summed E-state index contributed by atoms with van der Waals surface area (Å²) in [5.74, 6) is 0.266. The summed E-state index contributed by atoms with van der Waals surface area (Å²) in [4.78, 5) is 16.7. The van der Waals surface area contributed by atoms with E-state index in [1.165, 1.54) is 0 Å². The first-order valence-corrected chi connectivity index (χ1v) is 5.57. The Bertz CT molecular complexity index is 483. The van der Waals surface area contributed by atoms with E-state index >= 15 is 0 Å². The van der Waals surface area contributed by atoms with E-state index in [1.54, 1.807) is 6.07 Å². The number of fused-ring (bicyclic) bond motifs is 1. The molecule has 4 heteroatoms. The maximum atomic E-state index is 11.7. The zero-order chi connectivity index (χ0) is 12.3. The molecule has 0 saturated heterocycles. The fourth-order valence-electron chi connectivity index (χ4n) is 1.42. The number of carbonyl (C=O) groups excluding carboxylic acids is 1. The predicted molar refractivity (Wildman–Crippen MR) is 64.5 cm³/mol. The number of hydrogen-bond donors (Lipinski definition) is 1. The topological polar surface area (TPSA) is 51.5 Å². The van der Waals surface area contributed by atoms with Crippen LogP contribution in [0.3, 0.4) is 0 Å². The van der Waals surface area contributed by atoms with Crippen molar-refractivity contribution in [1.82, 2.24) is 5.48 Å². The van der Waals surface area contributed by atoms with E-state index in [-0.39, 0.29) is 11.7 Å². The third-order valence-electron chi connectivity index (χ3n) is 2.23. The molecule has 0 aliphatic heterocycles. The summed E-state index contributed by atoms with van der Waals surface area (Å²) in [5, 5.41) is 0.904. The zero-order valence-corrected chi connectivity index (χ0v) is 9.90. The van der Waals surface area contributed by atoms with Gasteiger partial charge in [0.2, 0.25) is 0 Å². The lowest BCUT2D eigenvalue weighted by molar-refractivity contribution is 0.0190. The summed E-state index contributed by atoms with van der Waals surface area (Å²) < 4.78 is 5.40. The highest BCUT2D eigenvalue weighted by atomic mass is 16.7. The molecule has 0 fully saturated rings. The first-order valence-electron chi connectivity index (χ1n) is 5.57. The molecule has 0 aliphatic carbocycles. The lowest BCUT2D eigenvalue weighted by Gasteiger charge is -2.05. The van der Waals surface area contributed by atoms with Crippen LogP contribution in [-0.2, 0) is 4.84 Å². The molecule has 2 aromatic rings. The van der Waals surface area contributed by atoms with E-state index in [0.29, 0.717) is 18.1 Å². The summed E-state index contributed by atoms with van der Waals surface area (Å²) in [7, 11) is 0. The van der Waals surface area contributed by atoms with Crippen molar-refractivity contribution in [3.63, 3.8) is 0 Å². The van der Waals surface area contributed by atoms with E-state index in [0.717, 1.165) is 5.39 Å². The van der Waals surface area contributed by atoms with Crippen LogP contribution in [-0.4, -0.2) is 12.5 Å². The van der Waals surface area contributed by atoms with Gasteiger partial charge < -0.3 is 4.42 Å². The second-order valence-corrected chi connectivity index (χ2v) is 4.28. The average molecular weight is 233 g/mol. The predicted octanol–water partition coefficient (Wildman–Crippen LogP) is 2.75. The van der Waals surface area contributed by atoms with Crippen LogP contribution in [0.2, 0.25) is 0 Å². The molecule has 0 spiro atoms. The number of rotatable bonds is 4. The van der Waals surface area contributed by atoms with Crippen molar-refractivity contribution in [2.45, 2.75) is 13.8 Å². The molecule has 4 nitrogen and oxygen atoms in total. The number of hydroxylamine groups is 1. The number of nitrogens with one attached hydrogen (secondary N) is 1. The Morgan fingerprint density at radius 1 is 1.41 bits per heavy atom. The molecule has 1 aromatic carbocycles. The summed E-state index contributed by atoms with van der Waals surface area (Å²) >= 11 is 0. The number of carbonyl (C=O) groups is 1.